The van der Waals surface area contributed by atoms with Gasteiger partial charge >= 0.3 is 0 Å². The fraction of sp³-hybridized carbons (Fsp3) is 0.375. The minimum Gasteiger partial charge on any atom is -0.872 e. The van der Waals surface area contributed by atoms with Crippen LogP contribution in [0.1, 0.15) is 37.4 Å². The Morgan fingerprint density at radius 3 is 2.35 bits per heavy atom. The van der Waals surface area contributed by atoms with Gasteiger partial charge in [-0.25, -0.2) is 0 Å². The second-order valence-electron chi connectivity index (χ2n) is 8.26. The fourth-order valence-electron chi connectivity index (χ4n) is 3.71. The Bertz CT molecular complexity index is 953. The first-order valence-electron chi connectivity index (χ1n) is 10.5. The summed E-state index contributed by atoms with van der Waals surface area (Å²) in [6, 6.07) is 9.45. The van der Waals surface area contributed by atoms with Crippen LogP contribution in [0.15, 0.2) is 54.4 Å². The van der Waals surface area contributed by atoms with Gasteiger partial charge in [-0.2, -0.15) is 0 Å². The summed E-state index contributed by atoms with van der Waals surface area (Å²) in [7, 11) is 4.07. The fourth-order valence-corrected chi connectivity index (χ4v) is 3.71. The number of ketones is 1. The lowest BCUT2D eigenvalue weighted by Gasteiger charge is -2.27. The summed E-state index contributed by atoms with van der Waals surface area (Å²) < 4.78 is 5.63. The number of carbonyl (C=O) groups is 2. The molecule has 3 rings (SSSR count). The van der Waals surface area contributed by atoms with Crippen molar-refractivity contribution in [1.82, 2.24) is 9.88 Å². The number of nitrogens with one attached hydrogen (secondary N) is 1. The SMILES string of the molecule is CC(C)Oc1ccc(C([O-])=C2C(=O)C(=O)N(CCC[NH+](C)C)C2c2ccncc2)cc1. The van der Waals surface area contributed by atoms with Crippen molar-refractivity contribution in [1.29, 1.82) is 0 Å². The third kappa shape index (κ3) is 5.11. The molecule has 0 bridgehead atoms. The Kier molecular flexibility index (Phi) is 7.07. The van der Waals surface area contributed by atoms with Crippen molar-refractivity contribution >= 4 is 17.4 Å². The van der Waals surface area contributed by atoms with Crippen LogP contribution in [0.2, 0.25) is 0 Å². The summed E-state index contributed by atoms with van der Waals surface area (Å²) in [4.78, 5) is 32.6. The number of Topliss-reactive ketones (excluding diaryl/α,β-unsaturated/α-hetero) is 1. The maximum Gasteiger partial charge on any atom is 0.295 e. The highest BCUT2D eigenvalue weighted by Crippen LogP contribution is 2.38. The van der Waals surface area contributed by atoms with Crippen molar-refractivity contribution in [2.24, 2.45) is 0 Å². The van der Waals surface area contributed by atoms with E-state index in [0.29, 0.717) is 23.4 Å². The Morgan fingerprint density at radius 1 is 1.13 bits per heavy atom. The van der Waals surface area contributed by atoms with Crippen LogP contribution >= 0.6 is 0 Å². The lowest BCUT2D eigenvalue weighted by molar-refractivity contribution is -0.858. The number of amides is 1. The molecule has 2 aromatic rings. The molecule has 7 heteroatoms. The van der Waals surface area contributed by atoms with Crippen molar-refractivity contribution in [3.05, 3.63) is 65.5 Å². The van der Waals surface area contributed by atoms with E-state index in [0.717, 1.165) is 13.0 Å². The summed E-state index contributed by atoms with van der Waals surface area (Å²) >= 11 is 0. The van der Waals surface area contributed by atoms with Gasteiger partial charge in [-0.3, -0.25) is 14.6 Å². The van der Waals surface area contributed by atoms with E-state index in [4.69, 9.17) is 4.74 Å². The van der Waals surface area contributed by atoms with Crippen molar-refractivity contribution in [2.45, 2.75) is 32.4 Å². The van der Waals surface area contributed by atoms with Gasteiger partial charge < -0.3 is 19.6 Å². The first-order valence-corrected chi connectivity index (χ1v) is 10.5. The molecule has 1 atom stereocenters. The van der Waals surface area contributed by atoms with Gasteiger partial charge in [-0.15, -0.1) is 0 Å². The van der Waals surface area contributed by atoms with Gasteiger partial charge in [0.05, 0.1) is 32.8 Å². The summed E-state index contributed by atoms with van der Waals surface area (Å²) in [6.07, 6.45) is 3.94. The molecule has 1 aliphatic rings. The van der Waals surface area contributed by atoms with E-state index in [2.05, 4.69) is 4.98 Å². The molecular weight excluding hydrogens is 394 g/mol. The molecule has 1 aromatic carbocycles. The number of benzene rings is 1. The number of aromatic nitrogens is 1. The van der Waals surface area contributed by atoms with Crippen LogP contribution in [0.4, 0.5) is 0 Å². The molecule has 1 saturated heterocycles. The third-order valence-electron chi connectivity index (χ3n) is 5.12. The normalized spacial score (nSPS) is 18.3. The second kappa shape index (κ2) is 9.75. The number of hydrogen-bond acceptors (Lipinski definition) is 5. The number of hydrogen-bond donors (Lipinski definition) is 1. The molecule has 164 valence electrons. The topological polar surface area (TPSA) is 87.0 Å². The summed E-state index contributed by atoms with van der Waals surface area (Å²) in [5, 5.41) is 13.4. The molecular formula is C24H29N3O4. The summed E-state index contributed by atoms with van der Waals surface area (Å²) in [5.74, 6) is -1.15. The number of rotatable bonds is 8. The standard InChI is InChI=1S/C24H29N3O4/c1-16(2)31-19-8-6-18(7-9-19)22(28)20-21(17-10-12-25-13-11-17)27(24(30)23(20)29)15-5-14-26(3)4/h6-13,16,21,28H,5,14-15H2,1-4H3. The van der Waals surface area contributed by atoms with Crippen molar-refractivity contribution in [2.75, 3.05) is 27.2 Å². The smallest absolute Gasteiger partial charge is 0.295 e. The Labute approximate surface area is 183 Å². The van der Waals surface area contributed by atoms with E-state index in [1.807, 2.05) is 27.9 Å². The zero-order valence-corrected chi connectivity index (χ0v) is 18.4. The van der Waals surface area contributed by atoms with E-state index in [1.165, 1.54) is 9.80 Å². The largest absolute Gasteiger partial charge is 0.872 e. The number of ether oxygens (including phenoxy) is 1. The van der Waals surface area contributed by atoms with Crippen LogP contribution in [-0.4, -0.2) is 54.9 Å². The highest BCUT2D eigenvalue weighted by atomic mass is 16.5. The molecule has 1 N–H and O–H groups in total. The van der Waals surface area contributed by atoms with Crippen LogP contribution in [0, 0.1) is 0 Å². The molecule has 1 unspecified atom stereocenters. The van der Waals surface area contributed by atoms with Crippen molar-refractivity contribution < 1.29 is 24.3 Å². The first-order chi connectivity index (χ1) is 14.8. The average molecular weight is 424 g/mol. The number of pyridine rings is 1. The van der Waals surface area contributed by atoms with Crippen LogP contribution in [0.25, 0.3) is 5.76 Å². The van der Waals surface area contributed by atoms with Gasteiger partial charge in [0.2, 0.25) is 5.78 Å². The monoisotopic (exact) mass is 423 g/mol. The molecule has 0 aliphatic carbocycles. The van der Waals surface area contributed by atoms with Crippen LogP contribution in [0.5, 0.6) is 5.75 Å². The molecule has 0 radical (unpaired) electrons. The zero-order chi connectivity index (χ0) is 22.5. The van der Waals surface area contributed by atoms with E-state index in [-0.39, 0.29) is 11.7 Å². The predicted octanol–water partition coefficient (Wildman–Crippen LogP) is 0.627. The highest BCUT2D eigenvalue weighted by molar-refractivity contribution is 6.46. The van der Waals surface area contributed by atoms with Crippen LogP contribution in [0.3, 0.4) is 0 Å². The molecule has 0 spiro atoms. The molecule has 1 aromatic heterocycles. The molecule has 1 aliphatic heterocycles. The Balaban J connectivity index is 2.01. The number of carbonyl (C=O) groups excluding carboxylic acids is 2. The summed E-state index contributed by atoms with van der Waals surface area (Å²) in [6.45, 7) is 5.09. The second-order valence-corrected chi connectivity index (χ2v) is 8.26. The lowest BCUT2D eigenvalue weighted by Crippen LogP contribution is -3.05. The number of quaternary nitrogens is 1. The molecule has 2 heterocycles. The number of nitrogens with zero attached hydrogens (tertiary/aromatic N) is 2. The lowest BCUT2D eigenvalue weighted by atomic mass is 9.96. The molecule has 1 amide bonds. The van der Waals surface area contributed by atoms with E-state index in [1.54, 1.807) is 48.8 Å². The number of likely N-dealkylation sites (tertiary alicyclic amines) is 1. The van der Waals surface area contributed by atoms with Gasteiger partial charge in [0, 0.05) is 30.9 Å². The Morgan fingerprint density at radius 2 is 1.77 bits per heavy atom. The van der Waals surface area contributed by atoms with Gasteiger partial charge in [-0.05, 0) is 49.2 Å². The minimum atomic E-state index is -0.730. The molecule has 31 heavy (non-hydrogen) atoms. The van der Waals surface area contributed by atoms with E-state index < -0.39 is 23.5 Å². The van der Waals surface area contributed by atoms with Crippen LogP contribution in [-0.2, 0) is 9.59 Å². The third-order valence-corrected chi connectivity index (χ3v) is 5.12. The van der Waals surface area contributed by atoms with Gasteiger partial charge in [0.15, 0.2) is 0 Å². The van der Waals surface area contributed by atoms with Crippen molar-refractivity contribution in [3.63, 3.8) is 0 Å². The zero-order valence-electron chi connectivity index (χ0n) is 18.4. The molecule has 1 fully saturated rings. The maximum atomic E-state index is 13.4. The van der Waals surface area contributed by atoms with Crippen molar-refractivity contribution in [3.8, 4) is 5.75 Å². The van der Waals surface area contributed by atoms with Gasteiger partial charge in [0.25, 0.3) is 5.91 Å². The maximum absolute atomic E-state index is 13.4. The molecule has 0 saturated carbocycles. The highest BCUT2D eigenvalue weighted by Gasteiger charge is 2.43. The minimum absolute atomic E-state index is 0.00840. The quantitative estimate of drug-likeness (QED) is 0.382. The predicted molar refractivity (Wildman–Crippen MR) is 115 cm³/mol. The molecule has 7 nitrogen and oxygen atoms in total. The van der Waals surface area contributed by atoms with E-state index in [9.17, 15) is 14.7 Å². The van der Waals surface area contributed by atoms with Gasteiger partial charge in [-0.1, -0.05) is 17.9 Å². The van der Waals surface area contributed by atoms with Crippen LogP contribution < -0.4 is 14.7 Å². The van der Waals surface area contributed by atoms with E-state index >= 15 is 0 Å². The Hall–Kier alpha value is -3.19. The summed E-state index contributed by atoms with van der Waals surface area (Å²) in [5.41, 5.74) is 1.05. The average Bonchev–Trinajstić information content (AvgIpc) is 2.99. The van der Waals surface area contributed by atoms with Gasteiger partial charge in [0.1, 0.15) is 5.75 Å². The first kappa shape index (κ1) is 22.5.